The molecule has 70 valence electrons. The van der Waals surface area contributed by atoms with E-state index in [1.165, 1.54) is 0 Å². The molecule has 0 heterocycles. The van der Waals surface area contributed by atoms with Crippen molar-refractivity contribution in [3.05, 3.63) is 0 Å². The summed E-state index contributed by atoms with van der Waals surface area (Å²) in [6.45, 7) is 0.168. The van der Waals surface area contributed by atoms with Gasteiger partial charge in [0, 0.05) is 6.26 Å². The lowest BCUT2D eigenvalue weighted by molar-refractivity contribution is 0.470. The first-order valence-electron chi connectivity index (χ1n) is 3.16. The minimum atomic E-state index is -3.33. The van der Waals surface area contributed by atoms with Crippen molar-refractivity contribution < 1.29 is 8.42 Å². The predicted octanol–water partition coefficient (Wildman–Crippen LogP) is -0.0629. The Hall–Kier alpha value is -0.820. The molecule has 0 aromatic heterocycles. The van der Waals surface area contributed by atoms with Crippen molar-refractivity contribution in [3.63, 3.8) is 0 Å². The fourth-order valence-electron chi connectivity index (χ4n) is 0.549. The SMILES string of the molecule is CN(C)C/C(=N\N=N)S(C)(=O)=O. The van der Waals surface area contributed by atoms with Crippen LogP contribution >= 0.6 is 0 Å². The first-order chi connectivity index (χ1) is 5.38. The van der Waals surface area contributed by atoms with Gasteiger partial charge >= 0.3 is 0 Å². The minimum absolute atomic E-state index is 0.0949. The van der Waals surface area contributed by atoms with Crippen molar-refractivity contribution in [3.8, 4) is 0 Å². The molecular weight excluding hydrogens is 180 g/mol. The van der Waals surface area contributed by atoms with Crippen LogP contribution < -0.4 is 0 Å². The number of sulfone groups is 1. The van der Waals surface area contributed by atoms with Crippen LogP contribution in [0.2, 0.25) is 0 Å². The van der Waals surface area contributed by atoms with Crippen molar-refractivity contribution in [2.45, 2.75) is 0 Å². The summed E-state index contributed by atoms with van der Waals surface area (Å²) in [6.07, 6.45) is 1.04. The first kappa shape index (κ1) is 11.2. The molecule has 0 aliphatic heterocycles. The molecule has 0 unspecified atom stereocenters. The van der Waals surface area contributed by atoms with E-state index in [1.54, 1.807) is 19.0 Å². The van der Waals surface area contributed by atoms with E-state index in [2.05, 4.69) is 10.3 Å². The van der Waals surface area contributed by atoms with E-state index in [0.717, 1.165) is 6.26 Å². The van der Waals surface area contributed by atoms with Gasteiger partial charge in [0.1, 0.15) is 0 Å². The van der Waals surface area contributed by atoms with E-state index in [-0.39, 0.29) is 11.6 Å². The third kappa shape index (κ3) is 4.14. The summed E-state index contributed by atoms with van der Waals surface area (Å²) >= 11 is 0. The summed E-state index contributed by atoms with van der Waals surface area (Å²) in [6, 6.07) is 0. The number of hydrogen-bond donors (Lipinski definition) is 1. The Balaban J connectivity index is 4.70. The summed E-state index contributed by atoms with van der Waals surface area (Å²) in [4.78, 5) is 1.64. The van der Waals surface area contributed by atoms with E-state index in [9.17, 15) is 8.42 Å². The molecule has 0 aliphatic rings. The zero-order chi connectivity index (χ0) is 9.78. The molecule has 0 radical (unpaired) electrons. The lowest BCUT2D eigenvalue weighted by Crippen LogP contribution is -2.27. The molecule has 12 heavy (non-hydrogen) atoms. The van der Waals surface area contributed by atoms with Crippen molar-refractivity contribution >= 4 is 14.9 Å². The highest BCUT2D eigenvalue weighted by Crippen LogP contribution is 1.93. The molecule has 0 spiro atoms. The van der Waals surface area contributed by atoms with Gasteiger partial charge in [0.25, 0.3) is 0 Å². The highest BCUT2D eigenvalue weighted by atomic mass is 32.2. The van der Waals surface area contributed by atoms with Gasteiger partial charge in [-0.1, -0.05) is 5.22 Å². The van der Waals surface area contributed by atoms with Crippen LogP contribution in [0.4, 0.5) is 0 Å². The zero-order valence-electron chi connectivity index (χ0n) is 7.27. The fraction of sp³-hybridized carbons (Fsp3) is 0.800. The van der Waals surface area contributed by atoms with Crippen LogP contribution in [0, 0.1) is 5.53 Å². The van der Waals surface area contributed by atoms with Gasteiger partial charge in [0.15, 0.2) is 14.9 Å². The Bertz CT molecular complexity index is 280. The summed E-state index contributed by atoms with van der Waals surface area (Å²) < 4.78 is 21.9. The molecule has 0 atom stereocenters. The minimum Gasteiger partial charge on any atom is -0.303 e. The van der Waals surface area contributed by atoms with Gasteiger partial charge in [-0.05, 0) is 14.1 Å². The number of nitrogens with one attached hydrogen (secondary N) is 1. The second-order valence-corrected chi connectivity index (χ2v) is 4.62. The molecule has 6 nitrogen and oxygen atoms in total. The molecule has 0 aromatic rings. The topological polar surface area (TPSA) is 85.9 Å². The monoisotopic (exact) mass is 192 g/mol. The third-order valence-corrected chi connectivity index (χ3v) is 2.11. The normalized spacial score (nSPS) is 13.5. The van der Waals surface area contributed by atoms with Crippen LogP contribution in [0.5, 0.6) is 0 Å². The van der Waals surface area contributed by atoms with Crippen molar-refractivity contribution in [2.75, 3.05) is 26.9 Å². The molecule has 0 amide bonds. The lowest BCUT2D eigenvalue weighted by atomic mass is 10.6. The van der Waals surface area contributed by atoms with Crippen LogP contribution in [-0.2, 0) is 9.84 Å². The zero-order valence-corrected chi connectivity index (χ0v) is 8.09. The average Bonchev–Trinajstić information content (AvgIpc) is 1.83. The van der Waals surface area contributed by atoms with E-state index >= 15 is 0 Å². The van der Waals surface area contributed by atoms with E-state index in [1.807, 2.05) is 0 Å². The van der Waals surface area contributed by atoms with Gasteiger partial charge in [-0.15, -0.1) is 5.10 Å². The van der Waals surface area contributed by atoms with Crippen molar-refractivity contribution in [1.82, 2.24) is 4.90 Å². The van der Waals surface area contributed by atoms with Crippen LogP contribution in [0.3, 0.4) is 0 Å². The summed E-state index contributed by atoms with van der Waals surface area (Å²) in [5, 5.41) is 5.81. The summed E-state index contributed by atoms with van der Waals surface area (Å²) in [7, 11) is 0.0983. The quantitative estimate of drug-likeness (QED) is 0.294. The summed E-state index contributed by atoms with van der Waals surface area (Å²) in [5.41, 5.74) is 6.41. The second-order valence-electron chi connectivity index (χ2n) is 2.60. The fourth-order valence-corrected chi connectivity index (χ4v) is 1.23. The first-order valence-corrected chi connectivity index (χ1v) is 5.05. The maximum atomic E-state index is 11.0. The molecule has 0 fully saturated rings. The predicted molar refractivity (Wildman–Crippen MR) is 46.0 cm³/mol. The molecule has 7 heteroatoms. The molecule has 0 aromatic carbocycles. The summed E-state index contributed by atoms with van der Waals surface area (Å²) in [5.74, 6) is 0. The van der Waals surface area contributed by atoms with Gasteiger partial charge in [-0.3, -0.25) is 0 Å². The Morgan fingerprint density at radius 2 is 2.00 bits per heavy atom. The maximum absolute atomic E-state index is 11.0. The van der Waals surface area contributed by atoms with Crippen LogP contribution in [0.25, 0.3) is 0 Å². The molecular formula is C5H12N4O2S. The number of hydrogen-bond acceptors (Lipinski definition) is 5. The molecule has 1 N–H and O–H groups in total. The Morgan fingerprint density at radius 3 is 2.25 bits per heavy atom. The van der Waals surface area contributed by atoms with Crippen LogP contribution in [0.15, 0.2) is 10.3 Å². The van der Waals surface area contributed by atoms with Gasteiger partial charge in [0.05, 0.1) is 6.54 Å². The molecule has 0 bridgehead atoms. The lowest BCUT2D eigenvalue weighted by Gasteiger charge is -2.08. The molecule has 0 rings (SSSR count). The molecule has 0 saturated carbocycles. The van der Waals surface area contributed by atoms with E-state index < -0.39 is 9.84 Å². The van der Waals surface area contributed by atoms with Crippen LogP contribution in [-0.4, -0.2) is 45.3 Å². The van der Waals surface area contributed by atoms with Crippen molar-refractivity contribution in [1.29, 1.82) is 5.53 Å². The Kier molecular flexibility index (Phi) is 3.98. The standard InChI is InChI=1S/C5H12N4O2S/c1-9(2)4-5(7-8-6)12(3,10)11/h6H,4H2,1-3H3/b7-5+,8-6?. The third-order valence-electron chi connectivity index (χ3n) is 1.04. The van der Waals surface area contributed by atoms with Gasteiger partial charge < -0.3 is 4.90 Å². The second kappa shape index (κ2) is 4.27. The Morgan fingerprint density at radius 1 is 1.50 bits per heavy atom. The molecule has 0 saturated heterocycles. The van der Waals surface area contributed by atoms with Crippen molar-refractivity contribution in [2.24, 2.45) is 10.3 Å². The van der Waals surface area contributed by atoms with Crippen LogP contribution in [0.1, 0.15) is 0 Å². The van der Waals surface area contributed by atoms with Gasteiger partial charge in [-0.25, -0.2) is 8.42 Å². The maximum Gasteiger partial charge on any atom is 0.192 e. The largest absolute Gasteiger partial charge is 0.303 e. The van der Waals surface area contributed by atoms with E-state index in [4.69, 9.17) is 5.53 Å². The number of nitrogens with zero attached hydrogens (tertiary/aromatic N) is 3. The highest BCUT2D eigenvalue weighted by molar-refractivity contribution is 8.05. The van der Waals surface area contributed by atoms with E-state index in [0.29, 0.717) is 0 Å². The Labute approximate surface area is 71.7 Å². The number of rotatable bonds is 3. The smallest absolute Gasteiger partial charge is 0.192 e. The average molecular weight is 192 g/mol. The van der Waals surface area contributed by atoms with Gasteiger partial charge in [-0.2, -0.15) is 5.53 Å². The molecule has 0 aliphatic carbocycles. The van der Waals surface area contributed by atoms with Gasteiger partial charge in [0.2, 0.25) is 0 Å². The highest BCUT2D eigenvalue weighted by Gasteiger charge is 2.14.